The van der Waals surface area contributed by atoms with E-state index in [1.807, 2.05) is 30.3 Å². The van der Waals surface area contributed by atoms with Crippen LogP contribution in [-0.2, 0) is 16.6 Å². The number of rotatable bonds is 7. The van der Waals surface area contributed by atoms with Gasteiger partial charge in [-0.2, -0.15) is 0 Å². The van der Waals surface area contributed by atoms with Crippen molar-refractivity contribution in [2.45, 2.75) is 25.7 Å². The maximum atomic E-state index is 13.2. The third-order valence-corrected chi connectivity index (χ3v) is 5.17. The molecule has 0 saturated carbocycles. The van der Waals surface area contributed by atoms with Gasteiger partial charge in [0.25, 0.3) is 0 Å². The molecule has 8 heteroatoms. The Labute approximate surface area is 178 Å². The van der Waals surface area contributed by atoms with Crippen LogP contribution in [0.2, 0.25) is 0 Å². The van der Waals surface area contributed by atoms with Gasteiger partial charge in [-0.1, -0.05) is 32.0 Å². The van der Waals surface area contributed by atoms with Crippen LogP contribution in [0.25, 0.3) is 22.3 Å². The Morgan fingerprint density at radius 2 is 1.87 bits per heavy atom. The Kier molecular flexibility index (Phi) is 5.37. The van der Waals surface area contributed by atoms with Crippen LogP contribution in [0.1, 0.15) is 25.2 Å². The van der Waals surface area contributed by atoms with Crippen molar-refractivity contribution in [3.05, 3.63) is 71.8 Å². The third kappa shape index (κ3) is 4.69. The lowest BCUT2D eigenvalue weighted by Crippen LogP contribution is -2.28. The molecule has 2 aromatic carbocycles. The standard InChI is InChI=1S/C23H23FN6O/c1-23(2,15-4-6-16(24)7-5-15)13-26-21-10-9-17(29-30-21)14-3-8-18-19(11-14)28-22(27-18)12-20(25)31/h3-11H,12-13H2,1-2H3,(H2,25,31)(H,26,30)(H,27,28). The Hall–Kier alpha value is -3.81. The van der Waals surface area contributed by atoms with E-state index >= 15 is 0 Å². The summed E-state index contributed by atoms with van der Waals surface area (Å²) < 4.78 is 13.2. The summed E-state index contributed by atoms with van der Waals surface area (Å²) in [6, 6.07) is 16.0. The van der Waals surface area contributed by atoms with Gasteiger partial charge in [-0.05, 0) is 42.0 Å². The zero-order chi connectivity index (χ0) is 22.0. The number of aromatic amines is 1. The van der Waals surface area contributed by atoms with Crippen LogP contribution < -0.4 is 11.1 Å². The van der Waals surface area contributed by atoms with Crippen molar-refractivity contribution in [3.63, 3.8) is 0 Å². The lowest BCUT2D eigenvalue weighted by atomic mass is 9.84. The number of anilines is 1. The number of aromatic nitrogens is 4. The van der Waals surface area contributed by atoms with Crippen LogP contribution in [0.15, 0.2) is 54.6 Å². The van der Waals surface area contributed by atoms with Crippen molar-refractivity contribution < 1.29 is 9.18 Å². The highest BCUT2D eigenvalue weighted by Gasteiger charge is 2.20. The van der Waals surface area contributed by atoms with Gasteiger partial charge in [0.15, 0.2) is 0 Å². The number of carbonyl (C=O) groups is 1. The fraction of sp³-hybridized carbons (Fsp3) is 0.217. The summed E-state index contributed by atoms with van der Waals surface area (Å²) in [5.74, 6) is 0.515. The molecule has 0 aliphatic carbocycles. The van der Waals surface area contributed by atoms with E-state index in [2.05, 4.69) is 39.3 Å². The summed E-state index contributed by atoms with van der Waals surface area (Å²) in [6.45, 7) is 4.79. The SMILES string of the molecule is CC(C)(CNc1ccc(-c2ccc3nc(CC(N)=O)[nH]c3c2)nn1)c1ccc(F)cc1. The molecule has 0 aliphatic rings. The van der Waals surface area contributed by atoms with E-state index in [4.69, 9.17) is 5.73 Å². The van der Waals surface area contributed by atoms with Crippen LogP contribution in [0.3, 0.4) is 0 Å². The molecule has 158 valence electrons. The fourth-order valence-electron chi connectivity index (χ4n) is 3.37. The van der Waals surface area contributed by atoms with E-state index in [0.717, 1.165) is 27.9 Å². The normalized spacial score (nSPS) is 11.6. The lowest BCUT2D eigenvalue weighted by molar-refractivity contribution is -0.117. The second-order valence-corrected chi connectivity index (χ2v) is 8.11. The summed E-state index contributed by atoms with van der Waals surface area (Å²) in [7, 11) is 0. The molecule has 1 amide bonds. The first-order valence-electron chi connectivity index (χ1n) is 9.91. The van der Waals surface area contributed by atoms with Gasteiger partial charge in [0.2, 0.25) is 5.91 Å². The number of primary amides is 1. The van der Waals surface area contributed by atoms with Gasteiger partial charge in [0, 0.05) is 17.5 Å². The highest BCUT2D eigenvalue weighted by molar-refractivity contribution is 5.82. The first-order chi connectivity index (χ1) is 14.8. The molecule has 0 aliphatic heterocycles. The second-order valence-electron chi connectivity index (χ2n) is 8.11. The van der Waals surface area contributed by atoms with E-state index in [1.54, 1.807) is 12.1 Å². The van der Waals surface area contributed by atoms with Crippen LogP contribution in [-0.4, -0.2) is 32.6 Å². The molecule has 7 nitrogen and oxygen atoms in total. The number of amides is 1. The maximum Gasteiger partial charge on any atom is 0.225 e. The van der Waals surface area contributed by atoms with Crippen LogP contribution in [0.4, 0.5) is 10.2 Å². The van der Waals surface area contributed by atoms with E-state index in [9.17, 15) is 9.18 Å². The van der Waals surface area contributed by atoms with E-state index in [0.29, 0.717) is 18.2 Å². The van der Waals surface area contributed by atoms with E-state index < -0.39 is 5.91 Å². The van der Waals surface area contributed by atoms with E-state index in [-0.39, 0.29) is 17.7 Å². The smallest absolute Gasteiger partial charge is 0.225 e. The van der Waals surface area contributed by atoms with Gasteiger partial charge in [-0.25, -0.2) is 9.37 Å². The first kappa shape index (κ1) is 20.5. The molecular formula is C23H23FN6O. The fourth-order valence-corrected chi connectivity index (χ4v) is 3.37. The summed E-state index contributed by atoms with van der Waals surface area (Å²) in [5, 5.41) is 11.9. The number of fused-ring (bicyclic) bond motifs is 1. The predicted octanol–water partition coefficient (Wildman–Crippen LogP) is 3.58. The number of carbonyl (C=O) groups excluding carboxylic acids is 1. The minimum atomic E-state index is -0.434. The molecule has 0 fully saturated rings. The molecule has 0 atom stereocenters. The van der Waals surface area contributed by atoms with Crippen molar-refractivity contribution in [3.8, 4) is 11.3 Å². The zero-order valence-corrected chi connectivity index (χ0v) is 17.3. The quantitative estimate of drug-likeness (QED) is 0.425. The first-order valence-corrected chi connectivity index (χ1v) is 9.91. The minimum absolute atomic E-state index is 0.0679. The number of H-pyrrole nitrogens is 1. The highest BCUT2D eigenvalue weighted by Crippen LogP contribution is 2.25. The summed E-state index contributed by atoms with van der Waals surface area (Å²) >= 11 is 0. The van der Waals surface area contributed by atoms with Gasteiger partial charge >= 0.3 is 0 Å². The Morgan fingerprint density at radius 3 is 2.55 bits per heavy atom. The third-order valence-electron chi connectivity index (χ3n) is 5.17. The van der Waals surface area contributed by atoms with Crippen molar-refractivity contribution in [1.82, 2.24) is 20.2 Å². The van der Waals surface area contributed by atoms with Gasteiger partial charge in [0.05, 0.1) is 23.1 Å². The number of hydrogen-bond acceptors (Lipinski definition) is 5. The van der Waals surface area contributed by atoms with Crippen molar-refractivity contribution in [1.29, 1.82) is 0 Å². The monoisotopic (exact) mass is 418 g/mol. The molecule has 4 rings (SSSR count). The van der Waals surface area contributed by atoms with Crippen molar-refractivity contribution >= 4 is 22.8 Å². The largest absolute Gasteiger partial charge is 0.369 e. The summed E-state index contributed by atoms with van der Waals surface area (Å²) in [4.78, 5) is 18.6. The Balaban J connectivity index is 1.46. The number of benzene rings is 2. The molecule has 4 aromatic rings. The second kappa shape index (κ2) is 8.14. The molecule has 0 spiro atoms. The van der Waals surface area contributed by atoms with Crippen LogP contribution in [0, 0.1) is 5.82 Å². The average Bonchev–Trinajstić information content (AvgIpc) is 3.13. The van der Waals surface area contributed by atoms with E-state index in [1.165, 1.54) is 12.1 Å². The average molecular weight is 418 g/mol. The predicted molar refractivity (Wildman–Crippen MR) is 118 cm³/mol. The topological polar surface area (TPSA) is 110 Å². The zero-order valence-electron chi connectivity index (χ0n) is 17.3. The van der Waals surface area contributed by atoms with Crippen LogP contribution in [0.5, 0.6) is 0 Å². The van der Waals surface area contributed by atoms with Gasteiger partial charge in [0.1, 0.15) is 17.5 Å². The number of halogens is 1. The molecule has 0 saturated heterocycles. The number of hydrogen-bond donors (Lipinski definition) is 3. The van der Waals surface area contributed by atoms with Crippen LogP contribution >= 0.6 is 0 Å². The Bertz CT molecular complexity index is 1220. The molecule has 0 bridgehead atoms. The molecule has 4 N–H and O–H groups in total. The number of nitrogens with zero attached hydrogens (tertiary/aromatic N) is 3. The van der Waals surface area contributed by atoms with Gasteiger partial charge < -0.3 is 16.0 Å². The van der Waals surface area contributed by atoms with Crippen molar-refractivity contribution in [2.24, 2.45) is 5.73 Å². The van der Waals surface area contributed by atoms with Gasteiger partial charge in [-0.15, -0.1) is 10.2 Å². The molecular weight excluding hydrogens is 395 g/mol. The summed E-state index contributed by atoms with van der Waals surface area (Å²) in [6.07, 6.45) is 0.0679. The molecule has 0 radical (unpaired) electrons. The molecule has 2 aromatic heterocycles. The number of imidazole rings is 1. The molecule has 0 unspecified atom stereocenters. The van der Waals surface area contributed by atoms with Crippen molar-refractivity contribution in [2.75, 3.05) is 11.9 Å². The molecule has 31 heavy (non-hydrogen) atoms. The number of nitrogens with two attached hydrogens (primary N) is 1. The molecule has 2 heterocycles. The Morgan fingerprint density at radius 1 is 1.10 bits per heavy atom. The lowest BCUT2D eigenvalue weighted by Gasteiger charge is -2.25. The maximum absolute atomic E-state index is 13.2. The minimum Gasteiger partial charge on any atom is -0.369 e. The van der Waals surface area contributed by atoms with Gasteiger partial charge in [-0.3, -0.25) is 4.79 Å². The number of nitrogens with one attached hydrogen (secondary N) is 2. The highest BCUT2D eigenvalue weighted by atomic mass is 19.1. The summed E-state index contributed by atoms with van der Waals surface area (Å²) in [5.41, 5.74) is 9.23.